The molecule has 1 aliphatic heterocycles. The summed E-state index contributed by atoms with van der Waals surface area (Å²) in [6.07, 6.45) is 2.33. The van der Waals surface area contributed by atoms with Crippen LogP contribution in [0.2, 0.25) is 0 Å². The number of amides is 1. The van der Waals surface area contributed by atoms with E-state index >= 15 is 0 Å². The zero-order chi connectivity index (χ0) is 20.2. The standard InChI is InChI=1S/C21H23N5O3/c27-17-8-7-14(13-18(17)28)20(29)22-9-10-23-21-24-16-6-2-1-5-15(16)19(25-21)26-11-3-4-12-26/h1-2,5-8,13,27-28H,3-4,9-12H2,(H,22,29)(H,23,24,25). The average Bonchev–Trinajstić information content (AvgIpc) is 3.27. The van der Waals surface area contributed by atoms with E-state index in [-0.39, 0.29) is 23.0 Å². The van der Waals surface area contributed by atoms with Crippen molar-refractivity contribution in [3.05, 3.63) is 48.0 Å². The largest absolute Gasteiger partial charge is 0.504 e. The van der Waals surface area contributed by atoms with Crippen LogP contribution in [0.4, 0.5) is 11.8 Å². The van der Waals surface area contributed by atoms with Crippen LogP contribution in [0.15, 0.2) is 42.5 Å². The molecule has 3 aromatic rings. The summed E-state index contributed by atoms with van der Waals surface area (Å²) in [4.78, 5) is 23.7. The molecule has 4 rings (SSSR count). The quantitative estimate of drug-likeness (QED) is 0.376. The van der Waals surface area contributed by atoms with Gasteiger partial charge in [0, 0.05) is 37.1 Å². The van der Waals surface area contributed by atoms with Gasteiger partial charge in [-0.15, -0.1) is 0 Å². The number of para-hydroxylation sites is 1. The van der Waals surface area contributed by atoms with Gasteiger partial charge in [0.1, 0.15) is 5.82 Å². The van der Waals surface area contributed by atoms with Crippen molar-refractivity contribution in [3.63, 3.8) is 0 Å². The second-order valence-electron chi connectivity index (χ2n) is 6.97. The summed E-state index contributed by atoms with van der Waals surface area (Å²) in [5, 5.41) is 25.8. The summed E-state index contributed by atoms with van der Waals surface area (Å²) in [5.74, 6) is 0.556. The number of benzene rings is 2. The minimum Gasteiger partial charge on any atom is -0.504 e. The summed E-state index contributed by atoms with van der Waals surface area (Å²) in [5.41, 5.74) is 1.16. The second kappa shape index (κ2) is 8.22. The van der Waals surface area contributed by atoms with Crippen LogP contribution in [-0.2, 0) is 0 Å². The van der Waals surface area contributed by atoms with Crippen molar-refractivity contribution >= 4 is 28.6 Å². The zero-order valence-corrected chi connectivity index (χ0v) is 15.9. The van der Waals surface area contributed by atoms with Gasteiger partial charge in [-0.05, 0) is 43.2 Å². The minimum absolute atomic E-state index is 0.259. The van der Waals surface area contributed by atoms with Crippen molar-refractivity contribution < 1.29 is 15.0 Å². The van der Waals surface area contributed by atoms with Crippen molar-refractivity contribution in [1.82, 2.24) is 15.3 Å². The first kappa shape index (κ1) is 18.8. The first-order chi connectivity index (χ1) is 14.1. The number of aromatic nitrogens is 2. The summed E-state index contributed by atoms with van der Waals surface area (Å²) in [7, 11) is 0. The smallest absolute Gasteiger partial charge is 0.251 e. The molecule has 1 saturated heterocycles. The molecule has 2 aromatic carbocycles. The molecule has 0 radical (unpaired) electrons. The molecule has 4 N–H and O–H groups in total. The Balaban J connectivity index is 1.40. The van der Waals surface area contributed by atoms with Gasteiger partial charge in [0.25, 0.3) is 5.91 Å². The number of carbonyl (C=O) groups is 1. The Kier molecular flexibility index (Phi) is 5.33. The Morgan fingerprint density at radius 2 is 1.79 bits per heavy atom. The number of anilines is 2. The molecule has 8 nitrogen and oxygen atoms in total. The molecule has 1 aliphatic rings. The molecule has 0 unspecified atom stereocenters. The first-order valence-electron chi connectivity index (χ1n) is 9.67. The van der Waals surface area contributed by atoms with E-state index < -0.39 is 0 Å². The third kappa shape index (κ3) is 4.16. The topological polar surface area (TPSA) is 111 Å². The lowest BCUT2D eigenvalue weighted by Gasteiger charge is -2.19. The molecule has 1 aromatic heterocycles. The van der Waals surface area contributed by atoms with E-state index in [1.807, 2.05) is 24.3 Å². The second-order valence-corrected chi connectivity index (χ2v) is 6.97. The molecule has 0 bridgehead atoms. The molecular formula is C21H23N5O3. The fraction of sp³-hybridized carbons (Fsp3) is 0.286. The van der Waals surface area contributed by atoms with E-state index in [0.29, 0.717) is 19.0 Å². The van der Waals surface area contributed by atoms with Gasteiger partial charge in [-0.1, -0.05) is 12.1 Å². The Hall–Kier alpha value is -3.55. The number of nitrogens with zero attached hydrogens (tertiary/aromatic N) is 3. The molecule has 0 atom stereocenters. The number of fused-ring (bicyclic) bond motifs is 1. The van der Waals surface area contributed by atoms with Crippen LogP contribution in [0.3, 0.4) is 0 Å². The SMILES string of the molecule is O=C(NCCNc1nc(N2CCCC2)c2ccccc2n1)c1ccc(O)c(O)c1. The highest BCUT2D eigenvalue weighted by atomic mass is 16.3. The molecule has 2 heterocycles. The van der Waals surface area contributed by atoms with Crippen molar-refractivity contribution in [3.8, 4) is 11.5 Å². The number of carbonyl (C=O) groups excluding carboxylic acids is 1. The lowest BCUT2D eigenvalue weighted by atomic mass is 10.2. The van der Waals surface area contributed by atoms with Crippen LogP contribution >= 0.6 is 0 Å². The number of phenols is 2. The van der Waals surface area contributed by atoms with E-state index in [1.54, 1.807) is 0 Å². The highest BCUT2D eigenvalue weighted by Crippen LogP contribution is 2.28. The lowest BCUT2D eigenvalue weighted by Crippen LogP contribution is -2.29. The van der Waals surface area contributed by atoms with Crippen LogP contribution in [-0.4, -0.2) is 52.3 Å². The molecule has 0 aliphatic carbocycles. The van der Waals surface area contributed by atoms with Gasteiger partial charge in [0.15, 0.2) is 11.5 Å². The normalized spacial score (nSPS) is 13.6. The Morgan fingerprint density at radius 1 is 1.00 bits per heavy atom. The summed E-state index contributed by atoms with van der Waals surface area (Å²) >= 11 is 0. The Bertz CT molecular complexity index is 1030. The molecule has 0 saturated carbocycles. The third-order valence-corrected chi connectivity index (χ3v) is 4.92. The van der Waals surface area contributed by atoms with Crippen LogP contribution in [0.25, 0.3) is 10.9 Å². The van der Waals surface area contributed by atoms with Gasteiger partial charge in [-0.25, -0.2) is 4.98 Å². The maximum Gasteiger partial charge on any atom is 0.251 e. The fourth-order valence-electron chi connectivity index (χ4n) is 3.43. The van der Waals surface area contributed by atoms with Gasteiger partial charge < -0.3 is 25.7 Å². The maximum absolute atomic E-state index is 12.2. The summed E-state index contributed by atoms with van der Waals surface area (Å²) < 4.78 is 0. The molecule has 29 heavy (non-hydrogen) atoms. The van der Waals surface area contributed by atoms with E-state index in [9.17, 15) is 15.0 Å². The lowest BCUT2D eigenvalue weighted by molar-refractivity contribution is 0.0954. The predicted molar refractivity (Wildman–Crippen MR) is 112 cm³/mol. The molecular weight excluding hydrogens is 370 g/mol. The van der Waals surface area contributed by atoms with Gasteiger partial charge >= 0.3 is 0 Å². The van der Waals surface area contributed by atoms with Crippen molar-refractivity contribution in [2.24, 2.45) is 0 Å². The van der Waals surface area contributed by atoms with Gasteiger partial charge in [-0.3, -0.25) is 4.79 Å². The zero-order valence-electron chi connectivity index (χ0n) is 15.9. The van der Waals surface area contributed by atoms with Crippen LogP contribution in [0, 0.1) is 0 Å². The summed E-state index contributed by atoms with van der Waals surface area (Å²) in [6.45, 7) is 2.80. The van der Waals surface area contributed by atoms with E-state index in [1.165, 1.54) is 31.0 Å². The average molecular weight is 393 g/mol. The van der Waals surface area contributed by atoms with Gasteiger partial charge in [-0.2, -0.15) is 4.98 Å². The van der Waals surface area contributed by atoms with Crippen LogP contribution in [0.1, 0.15) is 23.2 Å². The molecule has 150 valence electrons. The van der Waals surface area contributed by atoms with Gasteiger partial charge in [0.2, 0.25) is 5.95 Å². The maximum atomic E-state index is 12.2. The fourth-order valence-corrected chi connectivity index (χ4v) is 3.43. The number of phenolic OH excluding ortho intramolecular Hbond substituents is 2. The first-order valence-corrected chi connectivity index (χ1v) is 9.67. The monoisotopic (exact) mass is 393 g/mol. The number of nitrogens with one attached hydrogen (secondary N) is 2. The highest BCUT2D eigenvalue weighted by Gasteiger charge is 2.18. The van der Waals surface area contributed by atoms with E-state index in [0.717, 1.165) is 29.8 Å². The van der Waals surface area contributed by atoms with Crippen molar-refractivity contribution in [1.29, 1.82) is 0 Å². The van der Waals surface area contributed by atoms with Crippen LogP contribution < -0.4 is 15.5 Å². The third-order valence-electron chi connectivity index (χ3n) is 4.92. The summed E-state index contributed by atoms with van der Waals surface area (Å²) in [6, 6.07) is 11.9. The van der Waals surface area contributed by atoms with Gasteiger partial charge in [0.05, 0.1) is 5.52 Å². The molecule has 1 amide bonds. The molecule has 8 heteroatoms. The highest BCUT2D eigenvalue weighted by molar-refractivity contribution is 5.95. The van der Waals surface area contributed by atoms with Crippen molar-refractivity contribution in [2.75, 3.05) is 36.4 Å². The Labute approximate surface area is 168 Å². The minimum atomic E-state index is -0.334. The molecule has 1 fully saturated rings. The number of hydrogen-bond acceptors (Lipinski definition) is 7. The van der Waals surface area contributed by atoms with E-state index in [2.05, 4.69) is 20.5 Å². The molecule has 0 spiro atoms. The number of hydrogen-bond donors (Lipinski definition) is 4. The van der Waals surface area contributed by atoms with Crippen LogP contribution in [0.5, 0.6) is 11.5 Å². The van der Waals surface area contributed by atoms with Crippen molar-refractivity contribution in [2.45, 2.75) is 12.8 Å². The number of aromatic hydroxyl groups is 2. The number of rotatable bonds is 6. The Morgan fingerprint density at radius 3 is 2.59 bits per heavy atom. The predicted octanol–water partition coefficient (Wildman–Crippen LogP) is 2.48. The van der Waals surface area contributed by atoms with E-state index in [4.69, 9.17) is 4.98 Å².